The van der Waals surface area contributed by atoms with Gasteiger partial charge in [-0.3, -0.25) is 5.32 Å². The van der Waals surface area contributed by atoms with Crippen molar-refractivity contribution in [1.29, 1.82) is 0 Å². The van der Waals surface area contributed by atoms with Crippen LogP contribution < -0.4 is 10.1 Å². The van der Waals surface area contributed by atoms with E-state index in [2.05, 4.69) is 18.5 Å². The zero-order valence-electron chi connectivity index (χ0n) is 21.8. The number of rotatable bonds is 13. The van der Waals surface area contributed by atoms with E-state index in [-0.39, 0.29) is 13.2 Å². The van der Waals surface area contributed by atoms with Gasteiger partial charge in [-0.25, -0.2) is 19.2 Å². The van der Waals surface area contributed by atoms with E-state index in [9.17, 15) is 19.2 Å². The lowest BCUT2D eigenvalue weighted by molar-refractivity contribution is -0.137. The third-order valence-electron chi connectivity index (χ3n) is 5.28. The minimum atomic E-state index is -0.630. The van der Waals surface area contributed by atoms with Crippen LogP contribution in [0.15, 0.2) is 97.5 Å². The Hall–Kier alpha value is -5.12. The number of esters is 3. The Morgan fingerprint density at radius 1 is 0.775 bits per heavy atom. The molecule has 0 radical (unpaired) electrons. The van der Waals surface area contributed by atoms with Crippen molar-refractivity contribution >= 4 is 29.7 Å². The maximum absolute atomic E-state index is 12.5. The molecular formula is C30H29NO9. The quantitative estimate of drug-likeness (QED) is 0.114. The van der Waals surface area contributed by atoms with Crippen molar-refractivity contribution < 1.29 is 42.9 Å². The average molecular weight is 548 g/mol. The molecule has 2 aromatic carbocycles. The predicted octanol–water partition coefficient (Wildman–Crippen LogP) is 5.49. The molecule has 1 aliphatic carbocycles. The van der Waals surface area contributed by atoms with Crippen LogP contribution in [0.4, 0.5) is 10.5 Å². The van der Waals surface area contributed by atoms with Crippen LogP contribution in [0.3, 0.4) is 0 Å². The number of anilines is 1. The Morgan fingerprint density at radius 3 is 1.88 bits per heavy atom. The number of carbonyl (C=O) groups excluding carboxylic acids is 4. The maximum Gasteiger partial charge on any atom is 0.411 e. The molecule has 0 atom stereocenters. The monoisotopic (exact) mass is 547 g/mol. The summed E-state index contributed by atoms with van der Waals surface area (Å²) >= 11 is 0. The molecule has 0 heterocycles. The first-order valence-corrected chi connectivity index (χ1v) is 12.4. The standard InChI is InChI=1S/C30H29NO9/c1-3-18-38-30(35)31-23-10-6-21(7-11-23)28(33)39-25-14-16-26(17-15-25)40-29(34)22-8-12-24(13-9-22)36-19-5-20-37-27(32)4-2/h3-4,6-14,16H,1-2,5,15,17-20H2,(H,31,35). The van der Waals surface area contributed by atoms with Gasteiger partial charge in [0.2, 0.25) is 0 Å². The molecule has 0 aliphatic heterocycles. The number of nitrogens with one attached hydrogen (secondary N) is 1. The van der Waals surface area contributed by atoms with Crippen LogP contribution in [-0.4, -0.2) is 43.8 Å². The molecule has 40 heavy (non-hydrogen) atoms. The van der Waals surface area contributed by atoms with Crippen LogP contribution in [0.25, 0.3) is 0 Å². The summed E-state index contributed by atoms with van der Waals surface area (Å²) in [6.45, 7) is 7.44. The predicted molar refractivity (Wildman–Crippen MR) is 146 cm³/mol. The Balaban J connectivity index is 1.44. The van der Waals surface area contributed by atoms with Crippen molar-refractivity contribution in [3.05, 3.63) is 109 Å². The highest BCUT2D eigenvalue weighted by molar-refractivity contribution is 5.92. The zero-order chi connectivity index (χ0) is 28.7. The number of allylic oxidation sites excluding steroid dienone is 4. The van der Waals surface area contributed by atoms with Gasteiger partial charge in [-0.05, 0) is 60.7 Å². The maximum atomic E-state index is 12.5. The van der Waals surface area contributed by atoms with E-state index in [0.717, 1.165) is 6.08 Å². The highest BCUT2D eigenvalue weighted by atomic mass is 16.6. The molecule has 0 fully saturated rings. The molecule has 0 spiro atoms. The van der Waals surface area contributed by atoms with Gasteiger partial charge in [0.25, 0.3) is 0 Å². The number of hydrogen-bond acceptors (Lipinski definition) is 9. The molecule has 1 amide bonds. The topological polar surface area (TPSA) is 126 Å². The third-order valence-corrected chi connectivity index (χ3v) is 5.28. The highest BCUT2D eigenvalue weighted by Crippen LogP contribution is 2.23. The minimum absolute atomic E-state index is 0.0868. The second-order valence-corrected chi connectivity index (χ2v) is 8.23. The Bertz CT molecular complexity index is 1290. The van der Waals surface area contributed by atoms with Gasteiger partial charge in [0, 0.05) is 31.0 Å². The molecule has 0 saturated heterocycles. The average Bonchev–Trinajstić information content (AvgIpc) is 2.97. The van der Waals surface area contributed by atoms with E-state index in [1.807, 2.05) is 0 Å². The van der Waals surface area contributed by atoms with Crippen molar-refractivity contribution in [2.24, 2.45) is 0 Å². The van der Waals surface area contributed by atoms with Crippen LogP contribution in [0.5, 0.6) is 5.75 Å². The summed E-state index contributed by atoms with van der Waals surface area (Å²) in [7, 11) is 0. The fourth-order valence-corrected chi connectivity index (χ4v) is 3.27. The van der Waals surface area contributed by atoms with E-state index in [4.69, 9.17) is 23.7 Å². The van der Waals surface area contributed by atoms with Gasteiger partial charge in [-0.1, -0.05) is 19.2 Å². The van der Waals surface area contributed by atoms with Crippen LogP contribution in [0.1, 0.15) is 40.0 Å². The molecule has 0 saturated carbocycles. The number of carbonyl (C=O) groups is 4. The molecule has 0 bridgehead atoms. The first-order chi connectivity index (χ1) is 19.4. The smallest absolute Gasteiger partial charge is 0.411 e. The number of ether oxygens (including phenoxy) is 5. The van der Waals surface area contributed by atoms with Crippen molar-refractivity contribution in [3.8, 4) is 5.75 Å². The van der Waals surface area contributed by atoms with Crippen LogP contribution in [0.2, 0.25) is 0 Å². The second-order valence-electron chi connectivity index (χ2n) is 8.23. The van der Waals surface area contributed by atoms with Gasteiger partial charge in [0.05, 0.1) is 24.3 Å². The van der Waals surface area contributed by atoms with E-state index in [1.165, 1.54) is 18.2 Å². The van der Waals surface area contributed by atoms with Crippen molar-refractivity contribution in [2.45, 2.75) is 19.3 Å². The first kappa shape index (κ1) is 29.4. The number of benzene rings is 2. The van der Waals surface area contributed by atoms with Gasteiger partial charge in [0.1, 0.15) is 23.9 Å². The van der Waals surface area contributed by atoms with Gasteiger partial charge in [-0.15, -0.1) is 0 Å². The number of amides is 1. The van der Waals surface area contributed by atoms with Gasteiger partial charge < -0.3 is 23.7 Å². The lowest BCUT2D eigenvalue weighted by atomic mass is 10.1. The summed E-state index contributed by atoms with van der Waals surface area (Å²) in [4.78, 5) is 47.5. The molecule has 10 nitrogen and oxygen atoms in total. The van der Waals surface area contributed by atoms with Gasteiger partial charge in [0.15, 0.2) is 0 Å². The summed E-state index contributed by atoms with van der Waals surface area (Å²) in [5.41, 5.74) is 1.11. The lowest BCUT2D eigenvalue weighted by Crippen LogP contribution is -2.14. The van der Waals surface area contributed by atoms with Crippen LogP contribution in [-0.2, 0) is 23.7 Å². The summed E-state index contributed by atoms with van der Waals surface area (Å²) in [5, 5.41) is 2.53. The largest absolute Gasteiger partial charge is 0.493 e. The third kappa shape index (κ3) is 9.64. The Kier molecular flexibility index (Phi) is 11.3. The molecule has 208 valence electrons. The van der Waals surface area contributed by atoms with Crippen molar-refractivity contribution in [1.82, 2.24) is 0 Å². The van der Waals surface area contributed by atoms with Gasteiger partial charge >= 0.3 is 24.0 Å². The SMILES string of the molecule is C=CCOC(=O)Nc1ccc(C(=O)OC2=CC=C(OC(=O)c3ccc(OCCCOC(=O)C=C)cc3)CC2)cc1. The Morgan fingerprint density at radius 2 is 1.35 bits per heavy atom. The molecule has 0 unspecified atom stereocenters. The van der Waals surface area contributed by atoms with Crippen LogP contribution in [0, 0.1) is 0 Å². The van der Waals surface area contributed by atoms with E-state index < -0.39 is 24.0 Å². The summed E-state index contributed by atoms with van der Waals surface area (Å²) < 4.78 is 26.2. The first-order valence-electron chi connectivity index (χ1n) is 12.4. The van der Waals surface area contributed by atoms with E-state index >= 15 is 0 Å². The molecule has 10 heteroatoms. The summed E-state index contributed by atoms with van der Waals surface area (Å²) in [6, 6.07) is 12.6. The molecule has 1 aliphatic rings. The van der Waals surface area contributed by atoms with Crippen molar-refractivity contribution in [3.63, 3.8) is 0 Å². The molecular weight excluding hydrogens is 518 g/mol. The molecule has 1 N–H and O–H groups in total. The minimum Gasteiger partial charge on any atom is -0.493 e. The normalized spacial score (nSPS) is 12.1. The zero-order valence-corrected chi connectivity index (χ0v) is 21.8. The second kappa shape index (κ2) is 15.3. The lowest BCUT2D eigenvalue weighted by Gasteiger charge is -2.15. The molecule has 0 aromatic heterocycles. The summed E-state index contributed by atoms with van der Waals surface area (Å²) in [5.74, 6) is -0.120. The molecule has 3 rings (SSSR count). The molecule has 2 aromatic rings. The Labute approximate surface area is 231 Å². The van der Waals surface area contributed by atoms with Crippen molar-refractivity contribution in [2.75, 3.05) is 25.1 Å². The highest BCUT2D eigenvalue weighted by Gasteiger charge is 2.17. The fourth-order valence-electron chi connectivity index (χ4n) is 3.27. The van der Waals surface area contributed by atoms with E-state index in [0.29, 0.717) is 60.0 Å². The number of hydrogen-bond donors (Lipinski definition) is 1. The fraction of sp³-hybridized carbons (Fsp3) is 0.200. The summed E-state index contributed by atoms with van der Waals surface area (Å²) in [6.07, 6.45) is 6.35. The van der Waals surface area contributed by atoms with E-state index in [1.54, 1.807) is 48.6 Å². The van der Waals surface area contributed by atoms with Crippen LogP contribution >= 0.6 is 0 Å². The van der Waals surface area contributed by atoms with Gasteiger partial charge in [-0.2, -0.15) is 0 Å².